The fraction of sp³-hybridized carbons (Fsp3) is 0.833. The quantitative estimate of drug-likeness (QED) is 0.654. The molecule has 1 heterocycles. The molecule has 0 aromatic carbocycles. The first-order chi connectivity index (χ1) is 13.4. The van der Waals surface area contributed by atoms with E-state index in [0.29, 0.717) is 17.1 Å². The topological polar surface area (TPSA) is 41.9 Å². The van der Waals surface area contributed by atoms with Gasteiger partial charge in [0.2, 0.25) is 0 Å². The van der Waals surface area contributed by atoms with Gasteiger partial charge in [0.15, 0.2) is 0 Å². The van der Waals surface area contributed by atoms with Crippen LogP contribution in [0.15, 0.2) is 16.8 Å². The van der Waals surface area contributed by atoms with Crippen LogP contribution in [0.4, 0.5) is 0 Å². The fourth-order valence-corrected chi connectivity index (χ4v) is 7.54. The van der Waals surface area contributed by atoms with Crippen LogP contribution in [0.25, 0.3) is 0 Å². The summed E-state index contributed by atoms with van der Waals surface area (Å²) >= 11 is 0. The molecule has 0 spiro atoms. The highest BCUT2D eigenvalue weighted by Crippen LogP contribution is 2.64. The first-order valence-electron chi connectivity index (χ1n) is 11.6. The summed E-state index contributed by atoms with van der Waals surface area (Å²) in [7, 11) is 2.15. The summed E-state index contributed by atoms with van der Waals surface area (Å²) < 4.78 is 0. The van der Waals surface area contributed by atoms with Gasteiger partial charge in [0.1, 0.15) is 11.9 Å². The average Bonchev–Trinajstić information content (AvgIpc) is 3.23. The first kappa shape index (κ1) is 18.8. The van der Waals surface area contributed by atoms with Gasteiger partial charge in [-0.15, -0.1) is 0 Å². The van der Waals surface area contributed by atoms with Crippen molar-refractivity contribution in [2.24, 2.45) is 33.7 Å². The number of carbonyl (C=O) groups is 1. The Kier molecular flexibility index (Phi) is 4.50. The minimum Gasteiger partial charge on any atom is -0.391 e. The van der Waals surface area contributed by atoms with Gasteiger partial charge in [0.05, 0.1) is 5.71 Å². The summed E-state index contributed by atoms with van der Waals surface area (Å²) in [5.41, 5.74) is 3.06. The highest BCUT2D eigenvalue weighted by Gasteiger charge is 2.58. The van der Waals surface area contributed by atoms with Crippen LogP contribution in [0.2, 0.25) is 0 Å². The van der Waals surface area contributed by atoms with Crippen LogP contribution >= 0.6 is 0 Å². The smallest absolute Gasteiger partial charge is 0.141 e. The van der Waals surface area contributed by atoms with Crippen LogP contribution in [-0.4, -0.2) is 42.6 Å². The van der Waals surface area contributed by atoms with Crippen LogP contribution in [0.1, 0.15) is 71.6 Å². The number of hydrogen-bond donors (Lipinski definition) is 0. The molecule has 4 heteroatoms. The normalized spacial score (nSPS) is 47.5. The minimum absolute atomic E-state index is 0.0116. The van der Waals surface area contributed by atoms with Crippen molar-refractivity contribution in [3.63, 3.8) is 0 Å². The van der Waals surface area contributed by atoms with E-state index in [-0.39, 0.29) is 11.5 Å². The largest absolute Gasteiger partial charge is 0.391 e. The lowest BCUT2D eigenvalue weighted by atomic mass is 9.47. The fourth-order valence-electron chi connectivity index (χ4n) is 7.54. The molecular formula is C24H36N2O2. The first-order valence-corrected chi connectivity index (χ1v) is 11.6. The molecule has 28 heavy (non-hydrogen) atoms. The summed E-state index contributed by atoms with van der Waals surface area (Å²) in [5, 5.41) is 4.57. The maximum absolute atomic E-state index is 12.6. The zero-order valence-corrected chi connectivity index (χ0v) is 17.9. The third-order valence-electron chi connectivity index (χ3n) is 9.35. The van der Waals surface area contributed by atoms with Crippen LogP contribution in [0.3, 0.4) is 0 Å². The average molecular weight is 385 g/mol. The number of allylic oxidation sites excluding steroid dienone is 2. The van der Waals surface area contributed by atoms with E-state index in [0.717, 1.165) is 62.7 Å². The lowest BCUT2D eigenvalue weighted by molar-refractivity contribution is -0.132. The Labute approximate surface area is 169 Å². The number of oxime groups is 1. The van der Waals surface area contributed by atoms with Crippen LogP contribution in [-0.2, 0) is 9.63 Å². The predicted molar refractivity (Wildman–Crippen MR) is 111 cm³/mol. The summed E-state index contributed by atoms with van der Waals surface area (Å²) in [5.74, 6) is 2.68. The molecule has 0 radical (unpaired) electrons. The molecule has 0 N–H and O–H groups in total. The van der Waals surface area contributed by atoms with Gasteiger partial charge in [-0.2, -0.15) is 0 Å². The standard InChI is InChI=1S/C24H36N2O2/c1-23-11-8-17(25-28-18-10-13-26(3)15-18)14-16(23)4-5-19-20-6-7-22(27)24(20,2)12-9-21(19)23/h14,18-21H,4-13,15H2,1-3H3/t18?,19?,20?,21?,23-,24-/m0/s1. The molecule has 5 rings (SSSR count). The maximum Gasteiger partial charge on any atom is 0.141 e. The van der Waals surface area contributed by atoms with Crippen molar-refractivity contribution < 1.29 is 9.63 Å². The Hall–Kier alpha value is -1.16. The zero-order chi connectivity index (χ0) is 19.5. The molecule has 4 unspecified atom stereocenters. The molecule has 4 aliphatic carbocycles. The predicted octanol–water partition coefficient (Wildman–Crippen LogP) is 4.60. The van der Waals surface area contributed by atoms with E-state index in [1.807, 2.05) is 0 Å². The second-order valence-electron chi connectivity index (χ2n) is 10.8. The van der Waals surface area contributed by atoms with E-state index >= 15 is 0 Å². The Bertz CT molecular complexity index is 728. The molecule has 0 aromatic rings. The van der Waals surface area contributed by atoms with Crippen molar-refractivity contribution in [2.75, 3.05) is 20.1 Å². The molecular weight excluding hydrogens is 348 g/mol. The molecule has 4 fully saturated rings. The summed E-state index contributed by atoms with van der Waals surface area (Å²) in [6.45, 7) is 6.90. The van der Waals surface area contributed by atoms with E-state index < -0.39 is 0 Å². The number of carbonyl (C=O) groups excluding carboxylic acids is 1. The number of likely N-dealkylation sites (tertiary alicyclic amines) is 1. The Morgan fingerprint density at radius 3 is 2.64 bits per heavy atom. The van der Waals surface area contributed by atoms with Gasteiger partial charge < -0.3 is 9.74 Å². The Morgan fingerprint density at radius 1 is 1.04 bits per heavy atom. The number of Topliss-reactive ketones (excluding diaryl/α,β-unsaturated/α-hetero) is 1. The van der Waals surface area contributed by atoms with Crippen molar-refractivity contribution >= 4 is 11.5 Å². The van der Waals surface area contributed by atoms with Gasteiger partial charge in [0.25, 0.3) is 0 Å². The highest BCUT2D eigenvalue weighted by atomic mass is 16.6. The number of nitrogens with zero attached hydrogens (tertiary/aromatic N) is 2. The van der Waals surface area contributed by atoms with E-state index in [9.17, 15) is 4.79 Å². The zero-order valence-electron chi connectivity index (χ0n) is 17.9. The van der Waals surface area contributed by atoms with Crippen molar-refractivity contribution in [3.8, 4) is 0 Å². The number of likely N-dealkylation sites (N-methyl/N-ethyl adjacent to an activating group) is 1. The highest BCUT2D eigenvalue weighted by molar-refractivity contribution is 5.96. The molecule has 5 aliphatic rings. The SMILES string of the molecule is CN1CCC(ON=C2C=C3CCC4C(CC[C@]5(C)C(=O)CCC45)[C@@]3(C)CC2)C1. The molecule has 6 atom stereocenters. The maximum atomic E-state index is 12.6. The van der Waals surface area contributed by atoms with Crippen molar-refractivity contribution in [3.05, 3.63) is 11.6 Å². The van der Waals surface area contributed by atoms with Gasteiger partial charge in [-0.3, -0.25) is 4.79 Å². The Balaban J connectivity index is 1.34. The molecule has 1 saturated heterocycles. The molecule has 1 aliphatic heterocycles. The van der Waals surface area contributed by atoms with Gasteiger partial charge in [-0.1, -0.05) is 24.6 Å². The summed E-state index contributed by atoms with van der Waals surface area (Å²) in [4.78, 5) is 20.8. The van der Waals surface area contributed by atoms with Gasteiger partial charge in [-0.05, 0) is 81.2 Å². The van der Waals surface area contributed by atoms with Crippen molar-refractivity contribution in [1.29, 1.82) is 0 Å². The second-order valence-corrected chi connectivity index (χ2v) is 10.8. The Morgan fingerprint density at radius 2 is 1.86 bits per heavy atom. The molecule has 0 aromatic heterocycles. The van der Waals surface area contributed by atoms with Crippen LogP contribution in [0, 0.1) is 28.6 Å². The molecule has 0 bridgehead atoms. The molecule has 4 nitrogen and oxygen atoms in total. The monoisotopic (exact) mass is 384 g/mol. The van der Waals surface area contributed by atoms with E-state index in [4.69, 9.17) is 4.84 Å². The number of ketones is 1. The molecule has 3 saturated carbocycles. The lowest BCUT2D eigenvalue weighted by Crippen LogP contribution is -2.50. The van der Waals surface area contributed by atoms with Gasteiger partial charge in [-0.25, -0.2) is 0 Å². The minimum atomic E-state index is -0.0116. The van der Waals surface area contributed by atoms with E-state index in [2.05, 4.69) is 37.0 Å². The van der Waals surface area contributed by atoms with Crippen molar-refractivity contribution in [1.82, 2.24) is 4.90 Å². The third-order valence-corrected chi connectivity index (χ3v) is 9.35. The van der Waals surface area contributed by atoms with Crippen molar-refractivity contribution in [2.45, 2.75) is 77.7 Å². The van der Waals surface area contributed by atoms with Crippen LogP contribution in [0.5, 0.6) is 0 Å². The third kappa shape index (κ3) is 2.81. The number of fused-ring (bicyclic) bond motifs is 5. The van der Waals surface area contributed by atoms with Crippen LogP contribution < -0.4 is 0 Å². The molecule has 154 valence electrons. The van der Waals surface area contributed by atoms with E-state index in [1.165, 1.54) is 25.7 Å². The molecule has 0 amide bonds. The summed E-state index contributed by atoms with van der Waals surface area (Å²) in [6, 6.07) is 0. The van der Waals surface area contributed by atoms with Gasteiger partial charge in [0, 0.05) is 31.3 Å². The number of rotatable bonds is 2. The van der Waals surface area contributed by atoms with E-state index in [1.54, 1.807) is 5.57 Å². The second kappa shape index (κ2) is 6.68. The number of hydrogen-bond acceptors (Lipinski definition) is 4. The summed E-state index contributed by atoms with van der Waals surface area (Å²) in [6.07, 6.45) is 12.7. The lowest BCUT2D eigenvalue weighted by Gasteiger charge is -2.57. The van der Waals surface area contributed by atoms with Gasteiger partial charge >= 0.3 is 0 Å².